The molecule has 7 heteroatoms. The lowest BCUT2D eigenvalue weighted by atomic mass is 9.98. The second-order valence-electron chi connectivity index (χ2n) is 6.81. The van der Waals surface area contributed by atoms with E-state index in [0.717, 1.165) is 30.7 Å². The van der Waals surface area contributed by atoms with Crippen molar-refractivity contribution < 1.29 is 9.53 Å². The van der Waals surface area contributed by atoms with Crippen LogP contribution in [0.15, 0.2) is 6.20 Å². The van der Waals surface area contributed by atoms with E-state index in [2.05, 4.69) is 15.2 Å². The highest BCUT2D eigenvalue weighted by Gasteiger charge is 2.42. The molecule has 0 radical (unpaired) electrons. The number of nitrogens with zero attached hydrogens (tertiary/aromatic N) is 3. The minimum absolute atomic E-state index is 0.00214. The first kappa shape index (κ1) is 16.7. The van der Waals surface area contributed by atoms with E-state index < -0.39 is 0 Å². The molecule has 1 aliphatic carbocycles. The molecule has 0 aromatic carbocycles. The lowest BCUT2D eigenvalue weighted by Gasteiger charge is -2.19. The average molecular weight is 338 g/mol. The van der Waals surface area contributed by atoms with Crippen LogP contribution >= 0.6 is 11.3 Å². The SMILES string of the molecule is COCC(=O)N[C@H]1CN(Cc2cnc(N(C)C)s2)C[C@@H]1C1CC1. The van der Waals surface area contributed by atoms with E-state index in [1.807, 2.05) is 25.2 Å². The van der Waals surface area contributed by atoms with Crippen molar-refractivity contribution in [1.29, 1.82) is 0 Å². The number of carbonyl (C=O) groups is 1. The van der Waals surface area contributed by atoms with Gasteiger partial charge in [-0.15, -0.1) is 11.3 Å². The number of aromatic nitrogens is 1. The maximum absolute atomic E-state index is 11.9. The maximum atomic E-state index is 11.9. The van der Waals surface area contributed by atoms with Gasteiger partial charge in [-0.25, -0.2) is 4.98 Å². The van der Waals surface area contributed by atoms with Gasteiger partial charge in [0.2, 0.25) is 5.91 Å². The van der Waals surface area contributed by atoms with Gasteiger partial charge >= 0.3 is 0 Å². The number of thiazole rings is 1. The molecule has 1 aliphatic heterocycles. The molecule has 128 valence electrons. The lowest BCUT2D eigenvalue weighted by molar-refractivity contribution is -0.125. The van der Waals surface area contributed by atoms with Gasteiger partial charge < -0.3 is 15.0 Å². The van der Waals surface area contributed by atoms with Crippen molar-refractivity contribution in [3.8, 4) is 0 Å². The highest BCUT2D eigenvalue weighted by Crippen LogP contribution is 2.41. The number of amides is 1. The molecule has 23 heavy (non-hydrogen) atoms. The van der Waals surface area contributed by atoms with E-state index in [0.29, 0.717) is 5.92 Å². The summed E-state index contributed by atoms with van der Waals surface area (Å²) in [4.78, 5) is 22.1. The molecule has 6 nitrogen and oxygen atoms in total. The highest BCUT2D eigenvalue weighted by molar-refractivity contribution is 7.15. The van der Waals surface area contributed by atoms with Crippen LogP contribution in [0.2, 0.25) is 0 Å². The zero-order chi connectivity index (χ0) is 16.4. The largest absolute Gasteiger partial charge is 0.375 e. The first-order valence-corrected chi connectivity index (χ1v) is 9.01. The van der Waals surface area contributed by atoms with Gasteiger partial charge in [0.1, 0.15) is 6.61 Å². The van der Waals surface area contributed by atoms with Crippen molar-refractivity contribution in [1.82, 2.24) is 15.2 Å². The fourth-order valence-electron chi connectivity index (χ4n) is 3.37. The number of rotatable bonds is 7. The van der Waals surface area contributed by atoms with Crippen molar-refractivity contribution in [2.24, 2.45) is 11.8 Å². The highest BCUT2D eigenvalue weighted by atomic mass is 32.1. The number of anilines is 1. The third kappa shape index (κ3) is 4.22. The molecule has 0 spiro atoms. The number of hydrogen-bond donors (Lipinski definition) is 1. The van der Waals surface area contributed by atoms with Crippen LogP contribution in [0.25, 0.3) is 0 Å². The first-order chi connectivity index (χ1) is 11.1. The summed E-state index contributed by atoms with van der Waals surface area (Å²) in [6, 6.07) is 0.256. The maximum Gasteiger partial charge on any atom is 0.246 e. The van der Waals surface area contributed by atoms with Gasteiger partial charge in [0.05, 0.1) is 0 Å². The Balaban J connectivity index is 1.59. The van der Waals surface area contributed by atoms with Gasteiger partial charge in [-0.05, 0) is 24.7 Å². The zero-order valence-corrected chi connectivity index (χ0v) is 14.9. The summed E-state index contributed by atoms with van der Waals surface area (Å²) in [6.07, 6.45) is 4.59. The topological polar surface area (TPSA) is 57.7 Å². The average Bonchev–Trinajstić information content (AvgIpc) is 3.10. The lowest BCUT2D eigenvalue weighted by Crippen LogP contribution is -2.42. The Morgan fingerprint density at radius 3 is 2.87 bits per heavy atom. The molecular weight excluding hydrogens is 312 g/mol. The van der Waals surface area contributed by atoms with Gasteiger partial charge in [0.25, 0.3) is 0 Å². The minimum Gasteiger partial charge on any atom is -0.375 e. The summed E-state index contributed by atoms with van der Waals surface area (Å²) < 4.78 is 4.94. The van der Waals surface area contributed by atoms with Gasteiger partial charge in [0, 0.05) is 58.0 Å². The normalized spacial score (nSPS) is 24.8. The third-order valence-electron chi connectivity index (χ3n) is 4.59. The molecule has 1 aromatic heterocycles. The zero-order valence-electron chi connectivity index (χ0n) is 14.1. The summed E-state index contributed by atoms with van der Waals surface area (Å²) in [6.45, 7) is 3.06. The Morgan fingerprint density at radius 2 is 2.26 bits per heavy atom. The van der Waals surface area contributed by atoms with Crippen molar-refractivity contribution in [3.63, 3.8) is 0 Å². The van der Waals surface area contributed by atoms with Gasteiger partial charge in [0.15, 0.2) is 5.13 Å². The second kappa shape index (κ2) is 7.15. The molecule has 1 N–H and O–H groups in total. The van der Waals surface area contributed by atoms with Crippen molar-refractivity contribution in [2.75, 3.05) is 45.8 Å². The Kier molecular flexibility index (Phi) is 5.18. The van der Waals surface area contributed by atoms with E-state index in [4.69, 9.17) is 4.74 Å². The third-order valence-corrected chi connectivity index (χ3v) is 5.74. The molecule has 2 aliphatic rings. The molecule has 0 bridgehead atoms. The number of hydrogen-bond acceptors (Lipinski definition) is 6. The fraction of sp³-hybridized carbons (Fsp3) is 0.750. The van der Waals surface area contributed by atoms with Gasteiger partial charge in [-0.2, -0.15) is 0 Å². The number of methoxy groups -OCH3 is 1. The molecular formula is C16H26N4O2S. The van der Waals surface area contributed by atoms with Crippen molar-refractivity contribution >= 4 is 22.4 Å². The van der Waals surface area contributed by atoms with E-state index in [1.54, 1.807) is 18.4 Å². The van der Waals surface area contributed by atoms with Crippen LogP contribution in [0.4, 0.5) is 5.13 Å². The number of likely N-dealkylation sites (tertiary alicyclic amines) is 1. The molecule has 2 atom stereocenters. The predicted molar refractivity (Wildman–Crippen MR) is 91.7 cm³/mol. The quantitative estimate of drug-likeness (QED) is 0.809. The van der Waals surface area contributed by atoms with E-state index in [9.17, 15) is 4.79 Å². The van der Waals surface area contributed by atoms with Gasteiger partial charge in [-0.1, -0.05) is 0 Å². The van der Waals surface area contributed by atoms with Crippen LogP contribution in [0, 0.1) is 11.8 Å². The number of ether oxygens (including phenoxy) is 1. The molecule has 3 rings (SSSR count). The molecule has 0 unspecified atom stereocenters. The second-order valence-corrected chi connectivity index (χ2v) is 7.90. The van der Waals surface area contributed by atoms with Crippen LogP contribution in [0.1, 0.15) is 17.7 Å². The van der Waals surface area contributed by atoms with E-state index in [1.165, 1.54) is 17.7 Å². The Labute approximate surface area is 141 Å². The Morgan fingerprint density at radius 1 is 1.48 bits per heavy atom. The van der Waals surface area contributed by atoms with Crippen LogP contribution in [0.3, 0.4) is 0 Å². The van der Waals surface area contributed by atoms with E-state index >= 15 is 0 Å². The van der Waals surface area contributed by atoms with Crippen molar-refractivity contribution in [2.45, 2.75) is 25.4 Å². The summed E-state index contributed by atoms with van der Waals surface area (Å²) in [5.74, 6) is 1.36. The van der Waals surface area contributed by atoms with Crippen LogP contribution in [-0.4, -0.2) is 62.7 Å². The summed E-state index contributed by atoms with van der Waals surface area (Å²) in [5.41, 5.74) is 0. The van der Waals surface area contributed by atoms with E-state index in [-0.39, 0.29) is 18.6 Å². The monoisotopic (exact) mass is 338 g/mol. The standard InChI is InChI=1S/C16H26N4O2S/c1-19(2)16-17-6-12(23-16)7-20-8-13(11-4-5-11)14(9-20)18-15(21)10-22-3/h6,11,13-14H,4-5,7-10H2,1-3H3,(H,18,21)/t13-,14+/m1/s1. The Bertz CT molecular complexity index is 544. The van der Waals surface area contributed by atoms with Gasteiger partial charge in [-0.3, -0.25) is 9.69 Å². The molecule has 1 saturated carbocycles. The predicted octanol–water partition coefficient (Wildman–Crippen LogP) is 1.18. The van der Waals surface area contributed by atoms with Crippen LogP contribution < -0.4 is 10.2 Å². The fourth-order valence-corrected chi connectivity index (χ4v) is 4.25. The Hall–Kier alpha value is -1.18. The molecule has 2 heterocycles. The first-order valence-electron chi connectivity index (χ1n) is 8.19. The molecule has 1 saturated heterocycles. The van der Waals surface area contributed by atoms with Crippen LogP contribution in [-0.2, 0) is 16.1 Å². The van der Waals surface area contributed by atoms with Crippen LogP contribution in [0.5, 0.6) is 0 Å². The minimum atomic E-state index is -0.00214. The molecule has 1 amide bonds. The summed E-state index contributed by atoms with van der Waals surface area (Å²) in [5, 5.41) is 4.21. The summed E-state index contributed by atoms with van der Waals surface area (Å²) in [7, 11) is 5.59. The van der Waals surface area contributed by atoms with Crippen molar-refractivity contribution in [3.05, 3.63) is 11.1 Å². The number of nitrogens with one attached hydrogen (secondary N) is 1. The molecule has 2 fully saturated rings. The summed E-state index contributed by atoms with van der Waals surface area (Å²) >= 11 is 1.74. The smallest absolute Gasteiger partial charge is 0.246 e. The molecule has 1 aromatic rings. The number of carbonyl (C=O) groups excluding carboxylic acids is 1.